The molecular formula is C13H18N4O. The van der Waals surface area contributed by atoms with Gasteiger partial charge in [0.25, 0.3) is 5.91 Å². The van der Waals surface area contributed by atoms with Crippen LogP contribution in [0.4, 0.5) is 0 Å². The predicted molar refractivity (Wildman–Crippen MR) is 69.2 cm³/mol. The van der Waals surface area contributed by atoms with Gasteiger partial charge in [-0.05, 0) is 13.8 Å². The van der Waals surface area contributed by atoms with Crippen molar-refractivity contribution in [2.24, 2.45) is 0 Å². The number of aromatic nitrogens is 2. The summed E-state index contributed by atoms with van der Waals surface area (Å²) in [7, 11) is 0. The highest BCUT2D eigenvalue weighted by atomic mass is 16.2. The number of aryl methyl sites for hydroxylation is 2. The Balaban J connectivity index is 2.02. The number of nitrogens with one attached hydrogen (secondary N) is 1. The minimum atomic E-state index is 0.0686. The molecule has 1 saturated heterocycles. The zero-order valence-corrected chi connectivity index (χ0v) is 10.9. The molecule has 2 heterocycles. The third kappa shape index (κ3) is 2.39. The molecule has 1 N–H and O–H groups in total. The van der Waals surface area contributed by atoms with E-state index in [-0.39, 0.29) is 5.91 Å². The largest absolute Gasteiger partial charge is 0.336 e. The highest BCUT2D eigenvalue weighted by Gasteiger charge is 2.25. The second-order valence-electron chi connectivity index (χ2n) is 4.58. The minimum absolute atomic E-state index is 0.0686. The Morgan fingerprint density at radius 2 is 2.06 bits per heavy atom. The van der Waals surface area contributed by atoms with Crippen molar-refractivity contribution in [3.05, 3.63) is 17.0 Å². The number of H-pyrrole nitrogens is 1. The van der Waals surface area contributed by atoms with Gasteiger partial charge in [0.05, 0.1) is 17.8 Å². The highest BCUT2D eigenvalue weighted by molar-refractivity contribution is 5.96. The van der Waals surface area contributed by atoms with Gasteiger partial charge in [-0.3, -0.25) is 14.8 Å². The van der Waals surface area contributed by atoms with Gasteiger partial charge in [-0.2, -0.15) is 5.10 Å². The fraction of sp³-hybridized carbons (Fsp3) is 0.538. The molecule has 0 spiro atoms. The van der Waals surface area contributed by atoms with Crippen LogP contribution in [0, 0.1) is 26.2 Å². The van der Waals surface area contributed by atoms with Crippen molar-refractivity contribution in [3.8, 4) is 12.3 Å². The Morgan fingerprint density at radius 1 is 1.39 bits per heavy atom. The Labute approximate surface area is 107 Å². The zero-order valence-electron chi connectivity index (χ0n) is 10.9. The molecule has 96 valence electrons. The van der Waals surface area contributed by atoms with Crippen molar-refractivity contribution >= 4 is 5.91 Å². The van der Waals surface area contributed by atoms with Gasteiger partial charge in [-0.25, -0.2) is 0 Å². The van der Waals surface area contributed by atoms with Crippen LogP contribution >= 0.6 is 0 Å². The first-order chi connectivity index (χ1) is 8.63. The van der Waals surface area contributed by atoms with Crippen LogP contribution in [0.5, 0.6) is 0 Å². The summed E-state index contributed by atoms with van der Waals surface area (Å²) in [6.07, 6.45) is 5.29. The van der Waals surface area contributed by atoms with Crippen LogP contribution in [-0.4, -0.2) is 58.6 Å². The maximum Gasteiger partial charge on any atom is 0.257 e. The molecule has 1 aromatic heterocycles. The first-order valence-corrected chi connectivity index (χ1v) is 6.10. The van der Waals surface area contributed by atoms with Gasteiger partial charge in [0, 0.05) is 31.9 Å². The van der Waals surface area contributed by atoms with E-state index in [1.165, 1.54) is 0 Å². The number of amides is 1. The SMILES string of the molecule is C#CCN1CCN(C(=O)c2c(C)n[nH]c2C)CC1. The van der Waals surface area contributed by atoms with Crippen molar-refractivity contribution in [2.75, 3.05) is 32.7 Å². The topological polar surface area (TPSA) is 52.2 Å². The summed E-state index contributed by atoms with van der Waals surface area (Å²) in [5, 5.41) is 6.92. The summed E-state index contributed by atoms with van der Waals surface area (Å²) in [5.41, 5.74) is 2.31. The molecular weight excluding hydrogens is 228 g/mol. The second kappa shape index (κ2) is 5.23. The zero-order chi connectivity index (χ0) is 13.1. The summed E-state index contributed by atoms with van der Waals surface area (Å²) in [6, 6.07) is 0. The van der Waals surface area contributed by atoms with Gasteiger partial charge in [-0.1, -0.05) is 5.92 Å². The molecule has 0 bridgehead atoms. The molecule has 0 atom stereocenters. The van der Waals surface area contributed by atoms with E-state index in [1.54, 1.807) is 0 Å². The Kier molecular flexibility index (Phi) is 3.68. The molecule has 1 aliphatic rings. The maximum atomic E-state index is 12.4. The van der Waals surface area contributed by atoms with Gasteiger partial charge >= 0.3 is 0 Å². The number of piperazine rings is 1. The molecule has 1 aromatic rings. The summed E-state index contributed by atoms with van der Waals surface area (Å²) in [5.74, 6) is 2.70. The van der Waals surface area contributed by atoms with E-state index in [1.807, 2.05) is 18.7 Å². The van der Waals surface area contributed by atoms with Gasteiger partial charge in [0.15, 0.2) is 0 Å². The van der Waals surface area contributed by atoms with Crippen molar-refractivity contribution in [1.29, 1.82) is 0 Å². The van der Waals surface area contributed by atoms with E-state index >= 15 is 0 Å². The van der Waals surface area contributed by atoms with Crippen molar-refractivity contribution in [1.82, 2.24) is 20.0 Å². The molecule has 1 fully saturated rings. The lowest BCUT2D eigenvalue weighted by molar-refractivity contribution is 0.0651. The average Bonchev–Trinajstić information content (AvgIpc) is 2.70. The monoisotopic (exact) mass is 246 g/mol. The lowest BCUT2D eigenvalue weighted by Gasteiger charge is -2.33. The van der Waals surface area contributed by atoms with Crippen molar-refractivity contribution < 1.29 is 4.79 Å². The third-order valence-electron chi connectivity index (χ3n) is 3.32. The van der Waals surface area contributed by atoms with E-state index in [4.69, 9.17) is 6.42 Å². The molecule has 2 rings (SSSR count). The molecule has 1 aliphatic heterocycles. The summed E-state index contributed by atoms with van der Waals surface area (Å²) < 4.78 is 0. The highest BCUT2D eigenvalue weighted by Crippen LogP contribution is 2.14. The van der Waals surface area contributed by atoms with Gasteiger partial charge < -0.3 is 4.90 Å². The molecule has 0 aliphatic carbocycles. The number of nitrogens with zero attached hydrogens (tertiary/aromatic N) is 3. The number of terminal acetylenes is 1. The van der Waals surface area contributed by atoms with Crippen LogP contribution < -0.4 is 0 Å². The predicted octanol–water partition coefficient (Wildman–Crippen LogP) is 0.418. The normalized spacial score (nSPS) is 16.6. The maximum absolute atomic E-state index is 12.4. The molecule has 1 amide bonds. The smallest absolute Gasteiger partial charge is 0.257 e. The van der Waals surface area contributed by atoms with Crippen LogP contribution in [0.2, 0.25) is 0 Å². The average molecular weight is 246 g/mol. The quantitative estimate of drug-likeness (QED) is 0.769. The summed E-state index contributed by atoms with van der Waals surface area (Å²) in [6.45, 7) is 7.52. The van der Waals surface area contributed by atoms with E-state index in [0.29, 0.717) is 12.1 Å². The standard InChI is InChI=1S/C13H18N4O/c1-4-5-16-6-8-17(9-7-16)13(18)12-10(2)14-15-11(12)3/h1H,5-9H2,2-3H3,(H,14,15). The van der Waals surface area contributed by atoms with E-state index < -0.39 is 0 Å². The minimum Gasteiger partial charge on any atom is -0.336 e. The number of aromatic amines is 1. The number of carbonyl (C=O) groups excluding carboxylic acids is 1. The summed E-state index contributed by atoms with van der Waals surface area (Å²) in [4.78, 5) is 16.4. The van der Waals surface area contributed by atoms with Gasteiger partial charge in [0.1, 0.15) is 0 Å². The summed E-state index contributed by atoms with van der Waals surface area (Å²) >= 11 is 0. The Hall–Kier alpha value is -1.80. The third-order valence-corrected chi connectivity index (χ3v) is 3.32. The lowest BCUT2D eigenvalue weighted by atomic mass is 10.1. The molecule has 18 heavy (non-hydrogen) atoms. The molecule has 0 radical (unpaired) electrons. The fourth-order valence-electron chi connectivity index (χ4n) is 2.26. The number of hydrogen-bond donors (Lipinski definition) is 1. The molecule has 0 saturated carbocycles. The molecule has 0 aromatic carbocycles. The first-order valence-electron chi connectivity index (χ1n) is 6.10. The van der Waals surface area contributed by atoms with E-state index in [0.717, 1.165) is 37.6 Å². The van der Waals surface area contributed by atoms with Crippen molar-refractivity contribution in [2.45, 2.75) is 13.8 Å². The molecule has 0 unspecified atom stereocenters. The van der Waals surface area contributed by atoms with Crippen LogP contribution in [-0.2, 0) is 0 Å². The first kappa shape index (κ1) is 12.7. The Bertz CT molecular complexity index is 458. The number of rotatable bonds is 2. The number of carbonyl (C=O) groups is 1. The van der Waals surface area contributed by atoms with E-state index in [2.05, 4.69) is 21.0 Å². The molecule has 5 heteroatoms. The van der Waals surface area contributed by atoms with Crippen LogP contribution in [0.3, 0.4) is 0 Å². The second-order valence-corrected chi connectivity index (χ2v) is 4.58. The lowest BCUT2D eigenvalue weighted by Crippen LogP contribution is -2.48. The molecule has 5 nitrogen and oxygen atoms in total. The van der Waals surface area contributed by atoms with Crippen molar-refractivity contribution in [3.63, 3.8) is 0 Å². The van der Waals surface area contributed by atoms with Gasteiger partial charge in [-0.15, -0.1) is 6.42 Å². The number of hydrogen-bond acceptors (Lipinski definition) is 3. The van der Waals surface area contributed by atoms with Crippen LogP contribution in [0.1, 0.15) is 21.7 Å². The van der Waals surface area contributed by atoms with Crippen LogP contribution in [0.25, 0.3) is 0 Å². The van der Waals surface area contributed by atoms with E-state index in [9.17, 15) is 4.79 Å². The van der Waals surface area contributed by atoms with Crippen LogP contribution in [0.15, 0.2) is 0 Å². The Morgan fingerprint density at radius 3 is 2.56 bits per heavy atom. The fourth-order valence-corrected chi connectivity index (χ4v) is 2.26. The van der Waals surface area contributed by atoms with Gasteiger partial charge in [0.2, 0.25) is 0 Å².